The minimum absolute atomic E-state index is 0.00135. The Morgan fingerprint density at radius 3 is 2.60 bits per heavy atom. The highest BCUT2D eigenvalue weighted by Gasteiger charge is 2.38. The van der Waals surface area contributed by atoms with E-state index in [1.807, 2.05) is 6.07 Å². The van der Waals surface area contributed by atoms with Crippen LogP contribution in [0.3, 0.4) is 0 Å². The van der Waals surface area contributed by atoms with Crippen molar-refractivity contribution in [3.63, 3.8) is 0 Å². The Kier molecular flexibility index (Phi) is 6.19. The lowest BCUT2D eigenvalue weighted by molar-refractivity contribution is 0.0907. The molecule has 0 bridgehead atoms. The van der Waals surface area contributed by atoms with E-state index >= 15 is 0 Å². The van der Waals surface area contributed by atoms with E-state index in [0.29, 0.717) is 5.56 Å². The van der Waals surface area contributed by atoms with E-state index < -0.39 is 34.1 Å². The fourth-order valence-electron chi connectivity index (χ4n) is 3.96. The first-order valence-corrected chi connectivity index (χ1v) is 11.5. The van der Waals surface area contributed by atoms with Gasteiger partial charge in [0.25, 0.3) is 0 Å². The van der Waals surface area contributed by atoms with Gasteiger partial charge in [0.2, 0.25) is 0 Å². The van der Waals surface area contributed by atoms with Crippen LogP contribution in [0.2, 0.25) is 5.02 Å². The summed E-state index contributed by atoms with van der Waals surface area (Å²) < 4.78 is 67.2. The molecule has 0 saturated carbocycles. The lowest BCUT2D eigenvalue weighted by atomic mass is 9.89. The third-order valence-electron chi connectivity index (χ3n) is 5.32. The second-order valence-electron chi connectivity index (χ2n) is 7.36. The van der Waals surface area contributed by atoms with Crippen molar-refractivity contribution in [2.75, 3.05) is 6.26 Å². The van der Waals surface area contributed by atoms with Crippen molar-refractivity contribution in [3.05, 3.63) is 62.4 Å². The Balaban J connectivity index is 2.26. The second-order valence-corrected chi connectivity index (χ2v) is 9.72. The molecule has 30 heavy (non-hydrogen) atoms. The first kappa shape index (κ1) is 22.6. The Hall–Kier alpha value is -2.08. The number of fused-ring (bicyclic) bond motifs is 1. The molecule has 1 aliphatic rings. The van der Waals surface area contributed by atoms with Crippen molar-refractivity contribution in [3.8, 4) is 6.07 Å². The van der Waals surface area contributed by atoms with E-state index in [4.69, 9.17) is 11.6 Å². The molecule has 0 saturated heterocycles. The average Bonchev–Trinajstić information content (AvgIpc) is 2.96. The molecule has 0 heterocycles. The van der Waals surface area contributed by atoms with Gasteiger partial charge < -0.3 is 5.11 Å². The summed E-state index contributed by atoms with van der Waals surface area (Å²) in [7, 11) is -3.87. The molecule has 9 heteroatoms. The van der Waals surface area contributed by atoms with Crippen LogP contribution in [-0.4, -0.2) is 26.0 Å². The summed E-state index contributed by atoms with van der Waals surface area (Å²) >= 11 is 6.19. The van der Waals surface area contributed by atoms with Crippen molar-refractivity contribution in [1.82, 2.24) is 0 Å². The topological polar surface area (TPSA) is 78.2 Å². The van der Waals surface area contributed by atoms with Crippen molar-refractivity contribution >= 4 is 21.4 Å². The van der Waals surface area contributed by atoms with E-state index in [1.165, 1.54) is 6.07 Å². The number of aliphatic hydroxyl groups is 1. The molecule has 1 N–H and O–H groups in total. The minimum Gasteiger partial charge on any atom is -0.385 e. The summed E-state index contributed by atoms with van der Waals surface area (Å²) in [5.74, 6) is -0.753. The molecule has 1 aliphatic carbocycles. The third-order valence-corrected chi connectivity index (χ3v) is 6.91. The van der Waals surface area contributed by atoms with Crippen molar-refractivity contribution < 1.29 is 26.7 Å². The Morgan fingerprint density at radius 1 is 1.37 bits per heavy atom. The predicted molar refractivity (Wildman–Crippen MR) is 106 cm³/mol. The van der Waals surface area contributed by atoms with E-state index in [-0.39, 0.29) is 57.0 Å². The van der Waals surface area contributed by atoms with Crippen LogP contribution in [0.4, 0.5) is 13.2 Å². The van der Waals surface area contributed by atoms with Crippen LogP contribution < -0.4 is 0 Å². The molecular formula is C21H19ClF3NO3S. The fraction of sp³-hybridized carbons (Fsp3) is 0.381. The summed E-state index contributed by atoms with van der Waals surface area (Å²) in [6, 6.07) is 5.19. The molecule has 160 valence electrons. The number of nitriles is 1. The first-order chi connectivity index (χ1) is 14.0. The first-order valence-electron chi connectivity index (χ1n) is 9.22. The quantitative estimate of drug-likeness (QED) is 0.706. The van der Waals surface area contributed by atoms with Gasteiger partial charge in [0.15, 0.2) is 9.84 Å². The molecule has 0 radical (unpaired) electrons. The van der Waals surface area contributed by atoms with E-state index in [9.17, 15) is 32.0 Å². The highest BCUT2D eigenvalue weighted by Crippen LogP contribution is 2.44. The highest BCUT2D eigenvalue weighted by atomic mass is 35.5. The van der Waals surface area contributed by atoms with Gasteiger partial charge in [-0.25, -0.2) is 21.6 Å². The SMILES string of the molecule is CCC(F)c1cc(F)cc(C#N)c1Cc1cc(Cl)c(S(C)(=O)=O)c2c1CC(F)C2O. The Labute approximate surface area is 177 Å². The zero-order valence-electron chi connectivity index (χ0n) is 16.2. The number of hydrogen-bond donors (Lipinski definition) is 1. The molecule has 3 unspecified atom stereocenters. The summed E-state index contributed by atoms with van der Waals surface area (Å²) in [6.07, 6.45) is -4.31. The molecule has 4 nitrogen and oxygen atoms in total. The monoisotopic (exact) mass is 457 g/mol. The smallest absolute Gasteiger partial charge is 0.177 e. The molecule has 3 rings (SSSR count). The maximum atomic E-state index is 14.5. The summed E-state index contributed by atoms with van der Waals surface area (Å²) in [5, 5.41) is 19.5. The largest absolute Gasteiger partial charge is 0.385 e. The number of hydrogen-bond acceptors (Lipinski definition) is 4. The number of benzene rings is 2. The van der Waals surface area contributed by atoms with Gasteiger partial charge >= 0.3 is 0 Å². The number of aliphatic hydroxyl groups excluding tert-OH is 1. The third kappa shape index (κ3) is 3.94. The van der Waals surface area contributed by atoms with Gasteiger partial charge in [-0.15, -0.1) is 0 Å². The number of halogens is 4. The van der Waals surface area contributed by atoms with Crippen LogP contribution in [0.1, 0.15) is 59.0 Å². The fourth-order valence-corrected chi connectivity index (χ4v) is 5.68. The van der Waals surface area contributed by atoms with Crippen molar-refractivity contribution in [1.29, 1.82) is 5.26 Å². The van der Waals surface area contributed by atoms with Gasteiger partial charge in [-0.2, -0.15) is 5.26 Å². The van der Waals surface area contributed by atoms with Gasteiger partial charge in [-0.1, -0.05) is 18.5 Å². The maximum Gasteiger partial charge on any atom is 0.177 e. The second kappa shape index (κ2) is 8.22. The van der Waals surface area contributed by atoms with Crippen molar-refractivity contribution in [2.45, 2.75) is 49.5 Å². The average molecular weight is 458 g/mol. The van der Waals surface area contributed by atoms with Gasteiger partial charge in [0, 0.05) is 18.2 Å². The summed E-state index contributed by atoms with van der Waals surface area (Å²) in [4.78, 5) is -0.340. The molecule has 0 fully saturated rings. The van der Waals surface area contributed by atoms with Crippen molar-refractivity contribution in [2.24, 2.45) is 0 Å². The zero-order chi connectivity index (χ0) is 22.4. The Bertz CT molecular complexity index is 1160. The molecule has 2 aromatic rings. The summed E-state index contributed by atoms with van der Waals surface area (Å²) in [5.41, 5.74) is 0.646. The number of nitrogens with zero attached hydrogens (tertiary/aromatic N) is 1. The van der Waals surface area contributed by atoms with Crippen LogP contribution in [0, 0.1) is 17.1 Å². The van der Waals surface area contributed by atoms with E-state index in [2.05, 4.69) is 0 Å². The normalized spacial score (nSPS) is 19.4. The molecule has 0 amide bonds. The van der Waals surface area contributed by atoms with Crippen LogP contribution in [-0.2, 0) is 22.7 Å². The number of rotatable bonds is 5. The molecular weight excluding hydrogens is 439 g/mol. The molecule has 0 aliphatic heterocycles. The van der Waals surface area contributed by atoms with Gasteiger partial charge in [0.05, 0.1) is 21.6 Å². The molecule has 3 atom stereocenters. The van der Waals surface area contributed by atoms with Crippen LogP contribution in [0.5, 0.6) is 0 Å². The van der Waals surface area contributed by atoms with E-state index in [1.54, 1.807) is 6.92 Å². The van der Waals surface area contributed by atoms with Crippen LogP contribution >= 0.6 is 11.6 Å². The standard InChI is InChI=1S/C21H19ClF3NO3S/c1-3-17(24)15-7-12(23)4-11(9-26)13(15)5-10-6-16(22)21(30(2,28)29)19-14(10)8-18(25)20(19)27/h4,6-7,17-18,20,27H,3,5,8H2,1-2H3. The number of alkyl halides is 2. The van der Waals surface area contributed by atoms with Crippen LogP contribution in [0.15, 0.2) is 23.1 Å². The lowest BCUT2D eigenvalue weighted by Crippen LogP contribution is -2.11. The molecule has 0 aromatic heterocycles. The molecule has 0 spiro atoms. The summed E-state index contributed by atoms with van der Waals surface area (Å²) in [6.45, 7) is 1.57. The molecule has 2 aromatic carbocycles. The Morgan fingerprint density at radius 2 is 2.03 bits per heavy atom. The predicted octanol–water partition coefficient (Wildman–Crippen LogP) is 4.69. The number of sulfone groups is 1. The van der Waals surface area contributed by atoms with Crippen LogP contribution in [0.25, 0.3) is 0 Å². The van der Waals surface area contributed by atoms with Gasteiger partial charge in [-0.05, 0) is 53.3 Å². The zero-order valence-corrected chi connectivity index (χ0v) is 17.8. The highest BCUT2D eigenvalue weighted by molar-refractivity contribution is 7.90. The van der Waals surface area contributed by atoms with Gasteiger partial charge in [0.1, 0.15) is 24.3 Å². The minimum atomic E-state index is -3.87. The van der Waals surface area contributed by atoms with E-state index in [0.717, 1.165) is 18.4 Å². The maximum absolute atomic E-state index is 14.5. The van der Waals surface area contributed by atoms with Gasteiger partial charge in [-0.3, -0.25) is 0 Å². The lowest BCUT2D eigenvalue weighted by Gasteiger charge is -2.19.